The topological polar surface area (TPSA) is 26.3 Å². The summed E-state index contributed by atoms with van der Waals surface area (Å²) in [6.07, 6.45) is 11.5. The first-order valence-electron chi connectivity index (χ1n) is 4.03. The Bertz CT molecular complexity index is 100. The molecule has 0 heterocycles. The van der Waals surface area contributed by atoms with E-state index >= 15 is 0 Å². The number of ether oxygens (including phenoxy) is 1. The van der Waals surface area contributed by atoms with Crippen LogP contribution in [-0.4, -0.2) is 13.6 Å². The molecule has 0 N–H and O–H groups in total. The van der Waals surface area contributed by atoms with E-state index in [0.717, 1.165) is 0 Å². The van der Waals surface area contributed by atoms with Crippen molar-refractivity contribution in [2.24, 2.45) is 0 Å². The Morgan fingerprint density at radius 1 is 1.18 bits per heavy atom. The molecule has 0 saturated heterocycles. The second-order valence-electron chi connectivity index (χ2n) is 2.44. The third-order valence-electron chi connectivity index (χ3n) is 1.50. The maximum Gasteiger partial charge on any atom is 0.292 e. The van der Waals surface area contributed by atoms with Gasteiger partial charge in [0, 0.05) is 0 Å². The molecule has 0 saturated carbocycles. The van der Waals surface area contributed by atoms with E-state index < -0.39 is 0 Å². The zero-order valence-electron chi connectivity index (χ0n) is 7.08. The van der Waals surface area contributed by atoms with Crippen molar-refractivity contribution in [2.75, 3.05) is 7.11 Å². The first-order chi connectivity index (χ1) is 5.41. The molecule has 0 amide bonds. The molecule has 0 atom stereocenters. The lowest BCUT2D eigenvalue weighted by Gasteiger charge is -1.86. The van der Waals surface area contributed by atoms with E-state index in [9.17, 15) is 0 Å². The highest BCUT2D eigenvalue weighted by molar-refractivity contribution is 5.36. The Morgan fingerprint density at radius 3 is 2.00 bits per heavy atom. The van der Waals surface area contributed by atoms with Crippen LogP contribution >= 0.6 is 0 Å². The molecule has 2 heteroatoms. The standard InChI is InChI=1S/C7H12.C2H4O2/c1-2-4-6-7-5-3-1;1-4-2-3/h1-2H,3-7H2;2H,1H3. The van der Waals surface area contributed by atoms with E-state index in [4.69, 9.17) is 4.79 Å². The fourth-order valence-corrected chi connectivity index (χ4v) is 0.937. The summed E-state index contributed by atoms with van der Waals surface area (Å²) in [6, 6.07) is 0. The molecular weight excluding hydrogens is 140 g/mol. The van der Waals surface area contributed by atoms with E-state index in [2.05, 4.69) is 16.9 Å². The summed E-state index contributed by atoms with van der Waals surface area (Å²) in [7, 11) is 1.31. The Hall–Kier alpha value is -0.790. The summed E-state index contributed by atoms with van der Waals surface area (Å²) < 4.78 is 3.86. The number of hydrogen-bond acceptors (Lipinski definition) is 2. The summed E-state index contributed by atoms with van der Waals surface area (Å²) in [5.41, 5.74) is 0. The number of carbonyl (C=O) groups is 1. The molecule has 0 fully saturated rings. The van der Waals surface area contributed by atoms with Gasteiger partial charge in [-0.2, -0.15) is 0 Å². The number of methoxy groups -OCH3 is 1. The van der Waals surface area contributed by atoms with Crippen molar-refractivity contribution in [3.63, 3.8) is 0 Å². The SMILES string of the molecule is C1=CCCCCC1.COC=O. The van der Waals surface area contributed by atoms with Gasteiger partial charge >= 0.3 is 0 Å². The third-order valence-corrected chi connectivity index (χ3v) is 1.50. The fraction of sp³-hybridized carbons (Fsp3) is 0.667. The lowest BCUT2D eigenvalue weighted by molar-refractivity contribution is -0.126. The van der Waals surface area contributed by atoms with Crippen molar-refractivity contribution in [1.29, 1.82) is 0 Å². The Balaban J connectivity index is 0.000000218. The van der Waals surface area contributed by atoms with E-state index in [1.165, 1.54) is 39.2 Å². The van der Waals surface area contributed by atoms with Gasteiger partial charge in [0.15, 0.2) is 0 Å². The Kier molecular flexibility index (Phi) is 8.55. The monoisotopic (exact) mass is 156 g/mol. The zero-order valence-corrected chi connectivity index (χ0v) is 7.08. The molecule has 11 heavy (non-hydrogen) atoms. The number of rotatable bonds is 1. The maximum absolute atomic E-state index is 8.95. The lowest BCUT2D eigenvalue weighted by atomic mass is 10.2. The summed E-state index contributed by atoms with van der Waals surface area (Å²) in [6.45, 7) is 0.375. The molecule has 2 nitrogen and oxygen atoms in total. The Labute approximate surface area is 68.2 Å². The second kappa shape index (κ2) is 9.21. The third kappa shape index (κ3) is 9.21. The van der Waals surface area contributed by atoms with Gasteiger partial charge in [-0.1, -0.05) is 18.6 Å². The minimum absolute atomic E-state index is 0.375. The lowest BCUT2D eigenvalue weighted by Crippen LogP contribution is -1.68. The van der Waals surface area contributed by atoms with Gasteiger partial charge in [0.25, 0.3) is 6.47 Å². The van der Waals surface area contributed by atoms with Gasteiger partial charge in [-0.25, -0.2) is 0 Å². The highest BCUT2D eigenvalue weighted by atomic mass is 16.5. The van der Waals surface area contributed by atoms with Gasteiger partial charge in [0.05, 0.1) is 7.11 Å². The quantitative estimate of drug-likeness (QED) is 0.430. The van der Waals surface area contributed by atoms with Crippen LogP contribution in [0.1, 0.15) is 32.1 Å². The van der Waals surface area contributed by atoms with Crippen LogP contribution < -0.4 is 0 Å². The van der Waals surface area contributed by atoms with Crippen LogP contribution in [0.5, 0.6) is 0 Å². The van der Waals surface area contributed by atoms with Crippen molar-refractivity contribution in [3.8, 4) is 0 Å². The molecule has 0 aromatic carbocycles. The van der Waals surface area contributed by atoms with Crippen LogP contribution in [0.15, 0.2) is 12.2 Å². The molecule has 0 spiro atoms. The minimum Gasteiger partial charge on any atom is -0.471 e. The van der Waals surface area contributed by atoms with Crippen LogP contribution in [0.2, 0.25) is 0 Å². The molecular formula is C9H16O2. The van der Waals surface area contributed by atoms with Crippen LogP contribution in [0.3, 0.4) is 0 Å². The van der Waals surface area contributed by atoms with Crippen LogP contribution in [0.4, 0.5) is 0 Å². The van der Waals surface area contributed by atoms with Gasteiger partial charge in [0.2, 0.25) is 0 Å². The predicted molar refractivity (Wildman–Crippen MR) is 45.3 cm³/mol. The van der Waals surface area contributed by atoms with E-state index in [-0.39, 0.29) is 0 Å². The summed E-state index contributed by atoms with van der Waals surface area (Å²) in [4.78, 5) is 8.95. The number of carbonyl (C=O) groups excluding carboxylic acids is 1. The molecule has 1 aliphatic carbocycles. The van der Waals surface area contributed by atoms with E-state index in [1.54, 1.807) is 0 Å². The zero-order chi connectivity index (χ0) is 8.36. The van der Waals surface area contributed by atoms with E-state index in [1.807, 2.05) is 0 Å². The van der Waals surface area contributed by atoms with Crippen molar-refractivity contribution in [1.82, 2.24) is 0 Å². The molecule has 1 rings (SSSR count). The van der Waals surface area contributed by atoms with Crippen molar-refractivity contribution < 1.29 is 9.53 Å². The first kappa shape index (κ1) is 10.2. The van der Waals surface area contributed by atoms with Crippen LogP contribution in [0, 0.1) is 0 Å². The fourth-order valence-electron chi connectivity index (χ4n) is 0.937. The summed E-state index contributed by atoms with van der Waals surface area (Å²) in [5, 5.41) is 0. The van der Waals surface area contributed by atoms with Crippen molar-refractivity contribution in [2.45, 2.75) is 32.1 Å². The Morgan fingerprint density at radius 2 is 1.64 bits per heavy atom. The highest BCUT2D eigenvalue weighted by Crippen LogP contribution is 2.08. The minimum atomic E-state index is 0.375. The van der Waals surface area contributed by atoms with Crippen LogP contribution in [-0.2, 0) is 9.53 Å². The van der Waals surface area contributed by atoms with Gasteiger partial charge in [0.1, 0.15) is 0 Å². The smallest absolute Gasteiger partial charge is 0.292 e. The van der Waals surface area contributed by atoms with Gasteiger partial charge < -0.3 is 4.74 Å². The first-order valence-corrected chi connectivity index (χ1v) is 4.03. The molecule has 0 unspecified atom stereocenters. The summed E-state index contributed by atoms with van der Waals surface area (Å²) >= 11 is 0. The molecule has 0 aliphatic heterocycles. The average molecular weight is 156 g/mol. The molecule has 1 aliphatic rings. The van der Waals surface area contributed by atoms with Gasteiger partial charge in [-0.15, -0.1) is 0 Å². The van der Waals surface area contributed by atoms with Gasteiger partial charge in [-0.3, -0.25) is 4.79 Å². The second-order valence-corrected chi connectivity index (χ2v) is 2.44. The van der Waals surface area contributed by atoms with Crippen LogP contribution in [0.25, 0.3) is 0 Å². The normalized spacial score (nSPS) is 15.7. The predicted octanol–water partition coefficient (Wildman–Crippen LogP) is 2.30. The molecule has 0 aromatic heterocycles. The molecule has 0 radical (unpaired) electrons. The van der Waals surface area contributed by atoms with Gasteiger partial charge in [-0.05, 0) is 25.7 Å². The maximum atomic E-state index is 8.95. The van der Waals surface area contributed by atoms with E-state index in [0.29, 0.717) is 6.47 Å². The largest absolute Gasteiger partial charge is 0.471 e. The molecule has 0 aromatic rings. The summed E-state index contributed by atoms with van der Waals surface area (Å²) in [5.74, 6) is 0. The number of allylic oxidation sites excluding steroid dienone is 2. The molecule has 0 bridgehead atoms. The van der Waals surface area contributed by atoms with Crippen molar-refractivity contribution in [3.05, 3.63) is 12.2 Å². The highest BCUT2D eigenvalue weighted by Gasteiger charge is 1.88. The average Bonchev–Trinajstić information content (AvgIpc) is 2.35. The number of hydrogen-bond donors (Lipinski definition) is 0. The van der Waals surface area contributed by atoms with Crippen molar-refractivity contribution >= 4 is 6.47 Å². The molecule has 64 valence electrons.